The fraction of sp³-hybridized carbons (Fsp3) is 0.167. The molecule has 0 fully saturated rings. The number of H-pyrrole nitrogens is 1. The van der Waals surface area contributed by atoms with E-state index in [4.69, 9.17) is 4.74 Å². The summed E-state index contributed by atoms with van der Waals surface area (Å²) in [5.41, 5.74) is 0.743. The smallest absolute Gasteiger partial charge is 0.416 e. The normalized spacial score (nSPS) is 11.3. The molecule has 3 aromatic rings. The van der Waals surface area contributed by atoms with Crippen molar-refractivity contribution < 1.29 is 22.7 Å². The average Bonchev–Trinajstić information content (AvgIpc) is 3.06. The van der Waals surface area contributed by atoms with Crippen LogP contribution in [0.5, 0.6) is 5.75 Å². The molecule has 5 nitrogen and oxygen atoms in total. The van der Waals surface area contributed by atoms with Crippen LogP contribution in [-0.4, -0.2) is 24.2 Å². The number of carbonyl (C=O) groups is 1. The van der Waals surface area contributed by atoms with Gasteiger partial charge >= 0.3 is 12.2 Å². The van der Waals surface area contributed by atoms with Gasteiger partial charge in [0.1, 0.15) is 12.4 Å². The summed E-state index contributed by atoms with van der Waals surface area (Å²) in [7, 11) is 0. The third-order valence-electron chi connectivity index (χ3n) is 3.63. The van der Waals surface area contributed by atoms with E-state index in [9.17, 15) is 18.0 Å². The molecule has 0 radical (unpaired) electrons. The number of alkyl halides is 3. The minimum absolute atomic E-state index is 0.0460. The van der Waals surface area contributed by atoms with Crippen molar-refractivity contribution >= 4 is 22.6 Å². The Morgan fingerprint density at radius 2 is 1.96 bits per heavy atom. The molecular formula is C18H16F3N3O2. The van der Waals surface area contributed by atoms with E-state index in [2.05, 4.69) is 15.6 Å². The third kappa shape index (κ3) is 4.47. The molecule has 3 rings (SSSR count). The lowest BCUT2D eigenvalue weighted by atomic mass is 10.2. The van der Waals surface area contributed by atoms with Crippen molar-refractivity contribution in [3.63, 3.8) is 0 Å². The van der Waals surface area contributed by atoms with Gasteiger partial charge in [0.15, 0.2) is 0 Å². The van der Waals surface area contributed by atoms with E-state index in [1.807, 2.05) is 12.1 Å². The van der Waals surface area contributed by atoms with Crippen LogP contribution in [0.25, 0.3) is 10.9 Å². The van der Waals surface area contributed by atoms with Gasteiger partial charge in [-0.05, 0) is 41.8 Å². The second-order valence-electron chi connectivity index (χ2n) is 5.53. The molecule has 0 aliphatic heterocycles. The number of hydrogen-bond acceptors (Lipinski definition) is 2. The number of amides is 2. The van der Waals surface area contributed by atoms with Crippen LogP contribution in [0.4, 0.5) is 23.7 Å². The summed E-state index contributed by atoms with van der Waals surface area (Å²) >= 11 is 0. The van der Waals surface area contributed by atoms with Crippen LogP contribution in [0.15, 0.2) is 54.7 Å². The van der Waals surface area contributed by atoms with Crippen molar-refractivity contribution in [3.8, 4) is 5.75 Å². The number of urea groups is 1. The van der Waals surface area contributed by atoms with E-state index >= 15 is 0 Å². The van der Waals surface area contributed by atoms with E-state index in [0.717, 1.165) is 23.0 Å². The highest BCUT2D eigenvalue weighted by Crippen LogP contribution is 2.31. The molecule has 26 heavy (non-hydrogen) atoms. The van der Waals surface area contributed by atoms with E-state index < -0.39 is 17.8 Å². The van der Waals surface area contributed by atoms with Crippen molar-refractivity contribution in [1.29, 1.82) is 0 Å². The molecule has 0 bridgehead atoms. The Bertz CT molecular complexity index is 906. The van der Waals surface area contributed by atoms with E-state index in [-0.39, 0.29) is 18.9 Å². The molecule has 1 aromatic heterocycles. The average molecular weight is 363 g/mol. The highest BCUT2D eigenvalue weighted by molar-refractivity contribution is 5.92. The van der Waals surface area contributed by atoms with Crippen LogP contribution in [0.1, 0.15) is 5.56 Å². The molecule has 1 heterocycles. The Hall–Kier alpha value is -3.16. The van der Waals surface area contributed by atoms with Crippen LogP contribution in [0.3, 0.4) is 0 Å². The number of ether oxygens (including phenoxy) is 1. The summed E-state index contributed by atoms with van der Waals surface area (Å²) in [6, 6.07) is 11.5. The zero-order valence-electron chi connectivity index (χ0n) is 13.6. The van der Waals surface area contributed by atoms with Crippen molar-refractivity contribution in [1.82, 2.24) is 10.3 Å². The quantitative estimate of drug-likeness (QED) is 0.589. The topological polar surface area (TPSA) is 66.2 Å². The second-order valence-corrected chi connectivity index (χ2v) is 5.53. The summed E-state index contributed by atoms with van der Waals surface area (Å²) < 4.78 is 43.1. The largest absolute Gasteiger partial charge is 0.492 e. The molecule has 136 valence electrons. The van der Waals surface area contributed by atoms with Gasteiger partial charge in [-0.1, -0.05) is 12.1 Å². The molecule has 3 N–H and O–H groups in total. The molecule has 0 aliphatic rings. The zero-order valence-corrected chi connectivity index (χ0v) is 13.6. The van der Waals surface area contributed by atoms with E-state index in [1.54, 1.807) is 18.3 Å². The Morgan fingerprint density at radius 3 is 2.77 bits per heavy atom. The molecule has 0 unspecified atom stereocenters. The van der Waals surface area contributed by atoms with Gasteiger partial charge in [0, 0.05) is 17.4 Å². The molecule has 0 aliphatic carbocycles. The number of benzene rings is 2. The molecule has 0 saturated carbocycles. The maximum absolute atomic E-state index is 12.6. The Labute approximate surface area is 147 Å². The first-order valence-electron chi connectivity index (χ1n) is 7.84. The lowest BCUT2D eigenvalue weighted by Gasteiger charge is -2.11. The number of fused-ring (bicyclic) bond motifs is 1. The van der Waals surface area contributed by atoms with Gasteiger partial charge in [-0.2, -0.15) is 13.2 Å². The summed E-state index contributed by atoms with van der Waals surface area (Å²) in [5, 5.41) is 6.29. The zero-order chi connectivity index (χ0) is 18.6. The minimum atomic E-state index is -4.42. The van der Waals surface area contributed by atoms with Gasteiger partial charge in [-0.25, -0.2) is 4.79 Å². The SMILES string of the molecule is O=C(NCCOc1cccc(C(F)(F)F)c1)Nc1ccc2cc[nH]c2c1. The van der Waals surface area contributed by atoms with Crippen molar-refractivity contribution in [2.24, 2.45) is 0 Å². The maximum atomic E-state index is 12.6. The first-order chi connectivity index (χ1) is 12.4. The van der Waals surface area contributed by atoms with Crippen LogP contribution in [0, 0.1) is 0 Å². The van der Waals surface area contributed by atoms with Crippen LogP contribution < -0.4 is 15.4 Å². The summed E-state index contributed by atoms with van der Waals surface area (Å²) in [6.45, 7) is 0.192. The lowest BCUT2D eigenvalue weighted by molar-refractivity contribution is -0.137. The highest BCUT2D eigenvalue weighted by atomic mass is 19.4. The lowest BCUT2D eigenvalue weighted by Crippen LogP contribution is -2.32. The van der Waals surface area contributed by atoms with Gasteiger partial charge in [0.05, 0.1) is 12.1 Å². The maximum Gasteiger partial charge on any atom is 0.416 e. The number of aromatic nitrogens is 1. The Kier molecular flexibility index (Phi) is 5.01. The molecule has 0 atom stereocenters. The molecule has 0 saturated heterocycles. The molecule has 2 aromatic carbocycles. The van der Waals surface area contributed by atoms with E-state index in [0.29, 0.717) is 5.69 Å². The number of aromatic amines is 1. The van der Waals surface area contributed by atoms with Gasteiger partial charge in [-0.3, -0.25) is 0 Å². The first kappa shape index (κ1) is 17.7. The van der Waals surface area contributed by atoms with Crippen LogP contribution in [0.2, 0.25) is 0 Å². The van der Waals surface area contributed by atoms with Gasteiger partial charge in [0.25, 0.3) is 0 Å². The number of rotatable bonds is 5. The number of halogens is 3. The number of nitrogens with one attached hydrogen (secondary N) is 3. The van der Waals surface area contributed by atoms with E-state index in [1.165, 1.54) is 12.1 Å². The summed E-state index contributed by atoms with van der Waals surface area (Å²) in [5.74, 6) is 0.0965. The fourth-order valence-corrected chi connectivity index (χ4v) is 2.40. The predicted molar refractivity (Wildman–Crippen MR) is 92.3 cm³/mol. The molecule has 8 heteroatoms. The molecule has 2 amide bonds. The monoisotopic (exact) mass is 363 g/mol. The molecular weight excluding hydrogens is 347 g/mol. The summed E-state index contributed by atoms with van der Waals surface area (Å²) in [4.78, 5) is 14.9. The first-order valence-corrected chi connectivity index (χ1v) is 7.84. The van der Waals surface area contributed by atoms with Crippen molar-refractivity contribution in [2.45, 2.75) is 6.18 Å². The predicted octanol–water partition coefficient (Wildman–Crippen LogP) is 4.39. The number of hydrogen-bond donors (Lipinski definition) is 3. The Morgan fingerprint density at radius 1 is 1.12 bits per heavy atom. The minimum Gasteiger partial charge on any atom is -0.492 e. The van der Waals surface area contributed by atoms with Crippen LogP contribution in [-0.2, 0) is 6.18 Å². The van der Waals surface area contributed by atoms with Gasteiger partial charge < -0.3 is 20.4 Å². The second kappa shape index (κ2) is 7.38. The van der Waals surface area contributed by atoms with Crippen molar-refractivity contribution in [3.05, 3.63) is 60.3 Å². The number of anilines is 1. The van der Waals surface area contributed by atoms with Gasteiger partial charge in [0.2, 0.25) is 0 Å². The molecule has 0 spiro atoms. The highest BCUT2D eigenvalue weighted by Gasteiger charge is 2.30. The van der Waals surface area contributed by atoms with Gasteiger partial charge in [-0.15, -0.1) is 0 Å². The van der Waals surface area contributed by atoms with Crippen LogP contribution >= 0.6 is 0 Å². The fourth-order valence-electron chi connectivity index (χ4n) is 2.40. The van der Waals surface area contributed by atoms with Crippen molar-refractivity contribution in [2.75, 3.05) is 18.5 Å². The Balaban J connectivity index is 1.45. The standard InChI is InChI=1S/C18H16F3N3O2/c19-18(20,21)13-2-1-3-15(10-13)26-9-8-23-17(25)24-14-5-4-12-6-7-22-16(12)11-14/h1-7,10-11,22H,8-9H2,(H2,23,24,25). The third-order valence-corrected chi connectivity index (χ3v) is 3.63. The number of carbonyl (C=O) groups excluding carboxylic acids is 1. The summed E-state index contributed by atoms with van der Waals surface area (Å²) in [6.07, 6.45) is -2.61.